The Balaban J connectivity index is 2.10. The number of nitrogen functional groups attached to an aromatic ring is 1. The molecule has 3 aromatic rings. The monoisotopic (exact) mass is 342 g/mol. The number of benzene rings is 2. The summed E-state index contributed by atoms with van der Waals surface area (Å²) in [5.41, 5.74) is 9.10. The van der Waals surface area contributed by atoms with E-state index in [1.807, 2.05) is 60.7 Å². The quantitative estimate of drug-likeness (QED) is 0.712. The summed E-state index contributed by atoms with van der Waals surface area (Å²) >= 11 is 1.44. The number of hydrogen-bond acceptors (Lipinski definition) is 5. The molecule has 0 unspecified atom stereocenters. The Morgan fingerprint density at radius 2 is 1.48 bits per heavy atom. The summed E-state index contributed by atoms with van der Waals surface area (Å²) in [7, 11) is 0. The summed E-state index contributed by atoms with van der Waals surface area (Å²) < 4.78 is 0. The zero-order chi connectivity index (χ0) is 17.6. The zero-order valence-electron chi connectivity index (χ0n) is 13.3. The summed E-state index contributed by atoms with van der Waals surface area (Å²) in [4.78, 5) is 4.31. The smallest absolute Gasteiger partial charge is 0.143 e. The van der Waals surface area contributed by atoms with Crippen molar-refractivity contribution in [1.29, 1.82) is 10.5 Å². The second-order valence-electron chi connectivity index (χ2n) is 5.29. The van der Waals surface area contributed by atoms with Crippen LogP contribution in [0.25, 0.3) is 11.1 Å². The van der Waals surface area contributed by atoms with E-state index in [2.05, 4.69) is 17.1 Å². The number of hydrogen-bond donors (Lipinski definition) is 1. The van der Waals surface area contributed by atoms with Crippen molar-refractivity contribution >= 4 is 17.6 Å². The minimum Gasteiger partial charge on any atom is -0.383 e. The Kier molecular flexibility index (Phi) is 4.99. The fourth-order valence-electron chi connectivity index (χ4n) is 2.52. The van der Waals surface area contributed by atoms with E-state index >= 15 is 0 Å². The average Bonchev–Trinajstić information content (AvgIpc) is 2.67. The van der Waals surface area contributed by atoms with Crippen molar-refractivity contribution in [3.63, 3.8) is 0 Å². The third-order valence-electron chi connectivity index (χ3n) is 3.70. The van der Waals surface area contributed by atoms with Crippen molar-refractivity contribution in [3.8, 4) is 23.3 Å². The van der Waals surface area contributed by atoms with Crippen molar-refractivity contribution in [1.82, 2.24) is 4.98 Å². The van der Waals surface area contributed by atoms with Gasteiger partial charge >= 0.3 is 0 Å². The van der Waals surface area contributed by atoms with Gasteiger partial charge in [0, 0.05) is 11.3 Å². The molecule has 0 aliphatic rings. The van der Waals surface area contributed by atoms with E-state index in [1.54, 1.807) is 0 Å². The molecule has 2 aromatic carbocycles. The number of aromatic nitrogens is 1. The normalized spacial score (nSPS) is 10.0. The van der Waals surface area contributed by atoms with Gasteiger partial charge in [0.2, 0.25) is 0 Å². The Labute approximate surface area is 150 Å². The second kappa shape index (κ2) is 7.53. The number of rotatable bonds is 4. The lowest BCUT2D eigenvalue weighted by Crippen LogP contribution is -2.03. The number of nitrogens with two attached hydrogens (primary N) is 1. The van der Waals surface area contributed by atoms with Crippen LogP contribution in [0, 0.1) is 22.7 Å². The number of pyridine rings is 1. The molecule has 1 heterocycles. The summed E-state index contributed by atoms with van der Waals surface area (Å²) in [6.07, 6.45) is 0. The fraction of sp³-hybridized carbons (Fsp3) is 0.0500. The summed E-state index contributed by atoms with van der Waals surface area (Å²) in [5, 5.41) is 19.8. The Hall–Kier alpha value is -3.28. The van der Waals surface area contributed by atoms with Crippen molar-refractivity contribution < 1.29 is 0 Å². The van der Waals surface area contributed by atoms with Crippen LogP contribution in [-0.4, -0.2) is 4.98 Å². The van der Waals surface area contributed by atoms with E-state index in [1.165, 1.54) is 11.8 Å². The van der Waals surface area contributed by atoms with Crippen molar-refractivity contribution in [2.45, 2.75) is 10.8 Å². The number of nitriles is 2. The van der Waals surface area contributed by atoms with Crippen LogP contribution < -0.4 is 5.73 Å². The van der Waals surface area contributed by atoms with Crippen LogP contribution in [0.1, 0.15) is 16.7 Å². The van der Waals surface area contributed by atoms with Crippen LogP contribution in [0.2, 0.25) is 0 Å². The first-order valence-corrected chi connectivity index (χ1v) is 8.59. The van der Waals surface area contributed by atoms with Gasteiger partial charge in [-0.1, -0.05) is 60.7 Å². The maximum Gasteiger partial charge on any atom is 0.143 e. The molecule has 0 amide bonds. The van der Waals surface area contributed by atoms with Gasteiger partial charge in [-0.3, -0.25) is 0 Å². The third kappa shape index (κ3) is 3.47. The van der Waals surface area contributed by atoms with Crippen molar-refractivity contribution in [2.75, 3.05) is 5.73 Å². The van der Waals surface area contributed by atoms with Crippen LogP contribution in [0.4, 0.5) is 5.82 Å². The highest BCUT2D eigenvalue weighted by Crippen LogP contribution is 2.36. The van der Waals surface area contributed by atoms with Gasteiger partial charge in [-0.25, -0.2) is 4.98 Å². The van der Waals surface area contributed by atoms with E-state index in [0.29, 0.717) is 21.9 Å². The van der Waals surface area contributed by atoms with Crippen molar-refractivity contribution in [2.24, 2.45) is 0 Å². The summed E-state index contributed by atoms with van der Waals surface area (Å²) in [6.45, 7) is 0. The van der Waals surface area contributed by atoms with Gasteiger partial charge < -0.3 is 5.73 Å². The highest BCUT2D eigenvalue weighted by Gasteiger charge is 2.20. The van der Waals surface area contributed by atoms with Gasteiger partial charge in [0.25, 0.3) is 0 Å². The molecule has 1 aromatic heterocycles. The van der Waals surface area contributed by atoms with Gasteiger partial charge in [-0.05, 0) is 11.1 Å². The summed E-state index contributed by atoms with van der Waals surface area (Å²) in [5.74, 6) is 0.818. The molecule has 0 bridgehead atoms. The van der Waals surface area contributed by atoms with Crippen LogP contribution in [0.3, 0.4) is 0 Å². The van der Waals surface area contributed by atoms with Crippen LogP contribution in [0.5, 0.6) is 0 Å². The predicted molar refractivity (Wildman–Crippen MR) is 99.5 cm³/mol. The van der Waals surface area contributed by atoms with E-state index in [0.717, 1.165) is 11.1 Å². The zero-order valence-corrected chi connectivity index (χ0v) is 14.1. The highest BCUT2D eigenvalue weighted by molar-refractivity contribution is 7.98. The minimum atomic E-state index is 0.149. The maximum absolute atomic E-state index is 9.72. The van der Waals surface area contributed by atoms with Gasteiger partial charge in [-0.15, -0.1) is 11.8 Å². The van der Waals surface area contributed by atoms with E-state index in [-0.39, 0.29) is 11.4 Å². The standard InChI is InChI=1S/C20H14N4S/c21-11-16-18(15-9-5-2-6-10-15)17(12-22)20(24-19(16)23)25-13-14-7-3-1-4-8-14/h1-10H,13H2,(H2,23,24). The molecule has 0 radical (unpaired) electrons. The van der Waals surface area contributed by atoms with Gasteiger partial charge in [0.15, 0.2) is 0 Å². The molecule has 0 atom stereocenters. The lowest BCUT2D eigenvalue weighted by Gasteiger charge is -2.13. The Morgan fingerprint density at radius 3 is 2.08 bits per heavy atom. The molecule has 0 spiro atoms. The molecule has 0 saturated heterocycles. The van der Waals surface area contributed by atoms with Gasteiger partial charge in [0.1, 0.15) is 28.5 Å². The molecular weight excluding hydrogens is 328 g/mol. The molecule has 2 N–H and O–H groups in total. The van der Waals surface area contributed by atoms with E-state index in [4.69, 9.17) is 5.73 Å². The van der Waals surface area contributed by atoms with Crippen molar-refractivity contribution in [3.05, 3.63) is 77.4 Å². The first-order chi connectivity index (χ1) is 12.2. The molecule has 4 nitrogen and oxygen atoms in total. The third-order valence-corrected chi connectivity index (χ3v) is 4.74. The van der Waals surface area contributed by atoms with Crippen LogP contribution in [-0.2, 0) is 5.75 Å². The van der Waals surface area contributed by atoms with Crippen LogP contribution >= 0.6 is 11.8 Å². The second-order valence-corrected chi connectivity index (χ2v) is 6.26. The molecule has 25 heavy (non-hydrogen) atoms. The van der Waals surface area contributed by atoms with Crippen LogP contribution in [0.15, 0.2) is 65.7 Å². The number of anilines is 1. The molecule has 5 heteroatoms. The fourth-order valence-corrected chi connectivity index (χ4v) is 3.47. The first-order valence-electron chi connectivity index (χ1n) is 7.60. The number of nitrogens with zero attached hydrogens (tertiary/aromatic N) is 3. The lowest BCUT2D eigenvalue weighted by molar-refractivity contribution is 1.11. The maximum atomic E-state index is 9.72. The SMILES string of the molecule is N#Cc1c(N)nc(SCc2ccccc2)c(C#N)c1-c1ccccc1. The topological polar surface area (TPSA) is 86.5 Å². The molecule has 3 rings (SSSR count). The Morgan fingerprint density at radius 1 is 0.880 bits per heavy atom. The number of thioether (sulfide) groups is 1. The van der Waals surface area contributed by atoms with E-state index in [9.17, 15) is 10.5 Å². The largest absolute Gasteiger partial charge is 0.383 e. The molecule has 120 valence electrons. The van der Waals surface area contributed by atoms with Gasteiger partial charge in [0.05, 0.1) is 5.56 Å². The molecule has 0 saturated carbocycles. The highest BCUT2D eigenvalue weighted by atomic mass is 32.2. The molecule has 0 aliphatic heterocycles. The Bertz CT molecular complexity index is 971. The average molecular weight is 342 g/mol. The molecule has 0 aliphatic carbocycles. The van der Waals surface area contributed by atoms with E-state index < -0.39 is 0 Å². The summed E-state index contributed by atoms with van der Waals surface area (Å²) in [6, 6.07) is 23.6. The first kappa shape index (κ1) is 16.6. The minimum absolute atomic E-state index is 0.149. The molecular formula is C20H14N4S. The lowest BCUT2D eigenvalue weighted by atomic mass is 9.97. The predicted octanol–water partition coefficient (Wildman–Crippen LogP) is 4.37. The molecule has 0 fully saturated rings. The van der Waals surface area contributed by atoms with Gasteiger partial charge in [-0.2, -0.15) is 10.5 Å².